The molecule has 1 N–H and O–H groups in total. The zero-order chi connectivity index (χ0) is 9.45. The molecule has 0 aliphatic rings. The molecule has 0 radical (unpaired) electrons. The highest BCUT2D eigenvalue weighted by Crippen LogP contribution is 2.10. The molecule has 0 bridgehead atoms. The summed E-state index contributed by atoms with van der Waals surface area (Å²) in [5.41, 5.74) is 0.281. The van der Waals surface area contributed by atoms with Gasteiger partial charge >= 0.3 is 0 Å². The van der Waals surface area contributed by atoms with Gasteiger partial charge in [-0.05, 0) is 33.2 Å². The first-order valence-corrected chi connectivity index (χ1v) is 4.81. The van der Waals surface area contributed by atoms with Gasteiger partial charge in [0, 0.05) is 12.0 Å². The molecule has 0 atom stereocenters. The number of terminal acetylenes is 1. The zero-order valence-electron chi connectivity index (χ0n) is 8.61. The first kappa shape index (κ1) is 11.5. The second kappa shape index (κ2) is 6.08. The molecular weight excluding hydrogens is 146 g/mol. The Bertz CT molecular complexity index is 142. The van der Waals surface area contributed by atoms with Gasteiger partial charge in [0.2, 0.25) is 0 Å². The lowest BCUT2D eigenvalue weighted by molar-refractivity contribution is 0.358. The molecule has 0 amide bonds. The fourth-order valence-electron chi connectivity index (χ4n) is 1.33. The van der Waals surface area contributed by atoms with E-state index in [0.29, 0.717) is 0 Å². The van der Waals surface area contributed by atoms with Crippen LogP contribution in [0.2, 0.25) is 0 Å². The quantitative estimate of drug-likeness (QED) is 0.473. The lowest BCUT2D eigenvalue weighted by atomic mass is 9.99. The van der Waals surface area contributed by atoms with Gasteiger partial charge in [-0.3, -0.25) is 0 Å². The molecule has 0 saturated heterocycles. The Kier molecular flexibility index (Phi) is 5.84. The Morgan fingerprint density at radius 1 is 1.42 bits per heavy atom. The summed E-state index contributed by atoms with van der Waals surface area (Å²) in [7, 11) is 0. The van der Waals surface area contributed by atoms with Crippen LogP contribution in [0.1, 0.15) is 46.5 Å². The highest BCUT2D eigenvalue weighted by Gasteiger charge is 2.13. The van der Waals surface area contributed by atoms with Gasteiger partial charge in [0.1, 0.15) is 0 Å². The maximum absolute atomic E-state index is 5.16. The van der Waals surface area contributed by atoms with Gasteiger partial charge in [-0.25, -0.2) is 0 Å². The van der Waals surface area contributed by atoms with Crippen molar-refractivity contribution >= 4 is 0 Å². The van der Waals surface area contributed by atoms with E-state index in [-0.39, 0.29) is 5.54 Å². The van der Waals surface area contributed by atoms with Gasteiger partial charge in [0.15, 0.2) is 0 Å². The van der Waals surface area contributed by atoms with E-state index in [4.69, 9.17) is 6.42 Å². The van der Waals surface area contributed by atoms with Gasteiger partial charge in [-0.1, -0.05) is 13.3 Å². The first-order chi connectivity index (χ1) is 5.62. The van der Waals surface area contributed by atoms with Crippen LogP contribution in [0.4, 0.5) is 0 Å². The van der Waals surface area contributed by atoms with Crippen LogP contribution in [0.25, 0.3) is 0 Å². The van der Waals surface area contributed by atoms with Crippen molar-refractivity contribution in [3.8, 4) is 12.3 Å². The van der Waals surface area contributed by atoms with Crippen molar-refractivity contribution in [2.24, 2.45) is 0 Å². The summed E-state index contributed by atoms with van der Waals surface area (Å²) < 4.78 is 0. The van der Waals surface area contributed by atoms with Crippen LogP contribution in [0.3, 0.4) is 0 Å². The summed E-state index contributed by atoms with van der Waals surface area (Å²) in [6.07, 6.45) is 9.59. The van der Waals surface area contributed by atoms with Gasteiger partial charge in [-0.2, -0.15) is 0 Å². The van der Waals surface area contributed by atoms with Crippen molar-refractivity contribution in [2.75, 3.05) is 6.54 Å². The van der Waals surface area contributed by atoms with E-state index < -0.39 is 0 Å². The Balaban J connectivity index is 3.41. The number of unbranched alkanes of at least 4 members (excludes halogenated alkanes) is 1. The van der Waals surface area contributed by atoms with Crippen LogP contribution in [-0.4, -0.2) is 12.1 Å². The summed E-state index contributed by atoms with van der Waals surface area (Å²) in [4.78, 5) is 0. The third-order valence-electron chi connectivity index (χ3n) is 1.98. The van der Waals surface area contributed by atoms with E-state index in [1.54, 1.807) is 0 Å². The van der Waals surface area contributed by atoms with Crippen LogP contribution >= 0.6 is 0 Å². The Hall–Kier alpha value is -0.480. The van der Waals surface area contributed by atoms with Crippen molar-refractivity contribution in [2.45, 2.75) is 52.0 Å². The minimum Gasteiger partial charge on any atom is -0.312 e. The van der Waals surface area contributed by atoms with E-state index in [2.05, 4.69) is 32.0 Å². The Labute approximate surface area is 76.9 Å². The summed E-state index contributed by atoms with van der Waals surface area (Å²) in [5, 5.41) is 3.50. The fourth-order valence-corrected chi connectivity index (χ4v) is 1.33. The molecule has 0 aromatic heterocycles. The number of hydrogen-bond acceptors (Lipinski definition) is 1. The SMILES string of the molecule is C#CCCCNC(C)(C)CCC. The second-order valence-corrected chi connectivity index (χ2v) is 3.87. The number of hydrogen-bond donors (Lipinski definition) is 1. The monoisotopic (exact) mass is 167 g/mol. The second-order valence-electron chi connectivity index (χ2n) is 3.87. The van der Waals surface area contributed by atoms with Crippen LogP contribution < -0.4 is 5.32 Å². The van der Waals surface area contributed by atoms with E-state index >= 15 is 0 Å². The van der Waals surface area contributed by atoms with Gasteiger partial charge in [-0.15, -0.1) is 12.3 Å². The van der Waals surface area contributed by atoms with Crippen LogP contribution in [0.5, 0.6) is 0 Å². The molecule has 0 heterocycles. The maximum atomic E-state index is 5.16. The van der Waals surface area contributed by atoms with Crippen molar-refractivity contribution in [1.29, 1.82) is 0 Å². The van der Waals surface area contributed by atoms with Crippen molar-refractivity contribution in [3.05, 3.63) is 0 Å². The molecule has 0 aromatic rings. The average molecular weight is 167 g/mol. The summed E-state index contributed by atoms with van der Waals surface area (Å²) in [6.45, 7) is 7.74. The molecule has 70 valence electrons. The molecule has 0 saturated carbocycles. The lowest BCUT2D eigenvalue weighted by Gasteiger charge is -2.25. The number of rotatable bonds is 6. The number of nitrogens with one attached hydrogen (secondary N) is 1. The zero-order valence-corrected chi connectivity index (χ0v) is 8.61. The van der Waals surface area contributed by atoms with Gasteiger partial charge in [0.25, 0.3) is 0 Å². The highest BCUT2D eigenvalue weighted by molar-refractivity contribution is 4.84. The molecule has 0 rings (SSSR count). The fraction of sp³-hybridized carbons (Fsp3) is 0.818. The maximum Gasteiger partial charge on any atom is 0.0125 e. The molecule has 0 fully saturated rings. The van der Waals surface area contributed by atoms with Crippen molar-refractivity contribution < 1.29 is 0 Å². The minimum atomic E-state index is 0.281. The summed E-state index contributed by atoms with van der Waals surface area (Å²) in [6, 6.07) is 0. The van der Waals surface area contributed by atoms with E-state index in [1.807, 2.05) is 0 Å². The van der Waals surface area contributed by atoms with E-state index in [1.165, 1.54) is 12.8 Å². The normalized spacial score (nSPS) is 11.2. The van der Waals surface area contributed by atoms with Crippen molar-refractivity contribution in [1.82, 2.24) is 5.32 Å². The predicted octanol–water partition coefficient (Wildman–Crippen LogP) is 2.57. The van der Waals surface area contributed by atoms with Crippen molar-refractivity contribution in [3.63, 3.8) is 0 Å². The molecule has 0 aliphatic carbocycles. The largest absolute Gasteiger partial charge is 0.312 e. The third-order valence-corrected chi connectivity index (χ3v) is 1.98. The highest BCUT2D eigenvalue weighted by atomic mass is 14.9. The minimum absolute atomic E-state index is 0.281. The topological polar surface area (TPSA) is 12.0 Å². The predicted molar refractivity (Wildman–Crippen MR) is 55.1 cm³/mol. The molecule has 12 heavy (non-hydrogen) atoms. The first-order valence-electron chi connectivity index (χ1n) is 4.81. The molecular formula is C11H21N. The molecule has 0 aliphatic heterocycles. The van der Waals surface area contributed by atoms with Gasteiger partial charge in [0.05, 0.1) is 0 Å². The third kappa shape index (κ3) is 6.24. The molecule has 0 spiro atoms. The molecule has 1 heteroatoms. The average Bonchev–Trinajstić information content (AvgIpc) is 1.98. The molecule has 1 nitrogen and oxygen atoms in total. The van der Waals surface area contributed by atoms with Crippen LogP contribution in [-0.2, 0) is 0 Å². The lowest BCUT2D eigenvalue weighted by Crippen LogP contribution is -2.39. The van der Waals surface area contributed by atoms with Crippen LogP contribution in [0.15, 0.2) is 0 Å². The summed E-state index contributed by atoms with van der Waals surface area (Å²) in [5.74, 6) is 2.65. The standard InChI is InChI=1S/C11H21N/c1-5-7-8-10-12-11(3,4)9-6-2/h1,12H,6-10H2,2-4H3. The van der Waals surface area contributed by atoms with Gasteiger partial charge < -0.3 is 5.32 Å². The van der Waals surface area contributed by atoms with Crippen LogP contribution in [0, 0.1) is 12.3 Å². The Morgan fingerprint density at radius 3 is 2.58 bits per heavy atom. The summed E-state index contributed by atoms with van der Waals surface area (Å²) >= 11 is 0. The Morgan fingerprint density at radius 2 is 2.08 bits per heavy atom. The van der Waals surface area contributed by atoms with E-state index in [0.717, 1.165) is 19.4 Å². The molecule has 0 unspecified atom stereocenters. The molecule has 0 aromatic carbocycles. The van der Waals surface area contributed by atoms with E-state index in [9.17, 15) is 0 Å². The smallest absolute Gasteiger partial charge is 0.0125 e.